The quantitative estimate of drug-likeness (QED) is 0.546. The number of carbonyl (C=O) groups excluding carboxylic acids is 2. The van der Waals surface area contributed by atoms with Gasteiger partial charge in [0.1, 0.15) is 0 Å². The highest BCUT2D eigenvalue weighted by atomic mass is 16.5. The largest absolute Gasteiger partial charge is 0.469 e. The molecule has 0 aromatic heterocycles. The van der Waals surface area contributed by atoms with Crippen molar-refractivity contribution in [1.29, 1.82) is 0 Å². The monoisotopic (exact) mass is 400 g/mol. The Kier molecular flexibility index (Phi) is 5.49. The lowest BCUT2D eigenvalue weighted by atomic mass is 9.47. The van der Waals surface area contributed by atoms with Crippen molar-refractivity contribution in [3.63, 3.8) is 0 Å². The second-order valence-electron chi connectivity index (χ2n) is 11.3. The molecule has 0 amide bonds. The van der Waals surface area contributed by atoms with Crippen LogP contribution in [-0.4, -0.2) is 18.9 Å². The van der Waals surface area contributed by atoms with E-state index in [1.807, 2.05) is 0 Å². The van der Waals surface area contributed by atoms with Crippen LogP contribution < -0.4 is 0 Å². The summed E-state index contributed by atoms with van der Waals surface area (Å²) in [4.78, 5) is 25.3. The van der Waals surface area contributed by atoms with Gasteiger partial charge in [-0.2, -0.15) is 0 Å². The van der Waals surface area contributed by atoms with Gasteiger partial charge in [-0.15, -0.1) is 0 Å². The van der Waals surface area contributed by atoms with Gasteiger partial charge >= 0.3 is 5.97 Å². The predicted molar refractivity (Wildman–Crippen MR) is 115 cm³/mol. The molecule has 29 heavy (non-hydrogen) atoms. The Morgan fingerprint density at radius 1 is 1.21 bits per heavy atom. The fourth-order valence-corrected chi connectivity index (χ4v) is 8.12. The molecule has 162 valence electrons. The van der Waals surface area contributed by atoms with Crippen LogP contribution in [0.3, 0.4) is 0 Å². The lowest BCUT2D eigenvalue weighted by Crippen LogP contribution is -2.51. The van der Waals surface area contributed by atoms with Gasteiger partial charge in [0, 0.05) is 11.8 Å². The maximum atomic E-state index is 13.7. The smallest absolute Gasteiger partial charge is 0.305 e. The summed E-state index contributed by atoms with van der Waals surface area (Å²) in [5.74, 6) is 3.73. The third-order valence-corrected chi connectivity index (χ3v) is 9.98. The number of rotatable bonds is 4. The molecule has 3 heteroatoms. The Morgan fingerprint density at radius 3 is 2.69 bits per heavy atom. The van der Waals surface area contributed by atoms with E-state index in [-0.39, 0.29) is 16.8 Å². The number of allylic oxidation sites excluding steroid dienone is 2. The van der Waals surface area contributed by atoms with Crippen LogP contribution in [0, 0.1) is 46.3 Å². The maximum Gasteiger partial charge on any atom is 0.305 e. The molecule has 0 aromatic carbocycles. The van der Waals surface area contributed by atoms with Crippen LogP contribution in [0.1, 0.15) is 85.5 Å². The average Bonchev–Trinajstić information content (AvgIpc) is 3.06. The van der Waals surface area contributed by atoms with E-state index in [2.05, 4.69) is 33.8 Å². The van der Waals surface area contributed by atoms with Crippen LogP contribution in [0.5, 0.6) is 0 Å². The first-order valence-corrected chi connectivity index (χ1v) is 12.0. The summed E-state index contributed by atoms with van der Waals surface area (Å²) < 4.78 is 4.84. The minimum Gasteiger partial charge on any atom is -0.469 e. The summed E-state index contributed by atoms with van der Waals surface area (Å²) in [5.41, 5.74) is 1.53. The minimum atomic E-state index is -0.241. The highest BCUT2D eigenvalue weighted by Crippen LogP contribution is 2.65. The summed E-state index contributed by atoms with van der Waals surface area (Å²) >= 11 is 0. The second kappa shape index (κ2) is 7.54. The molecule has 0 bridgehead atoms. The summed E-state index contributed by atoms with van der Waals surface area (Å²) in [6.45, 7) is 9.38. The van der Waals surface area contributed by atoms with Crippen molar-refractivity contribution in [2.45, 2.75) is 85.5 Å². The Balaban J connectivity index is 1.60. The van der Waals surface area contributed by atoms with E-state index in [9.17, 15) is 9.59 Å². The maximum absolute atomic E-state index is 13.7. The highest BCUT2D eigenvalue weighted by Gasteiger charge is 2.60. The van der Waals surface area contributed by atoms with Gasteiger partial charge < -0.3 is 4.74 Å². The molecule has 0 aromatic rings. The van der Waals surface area contributed by atoms with Gasteiger partial charge in [-0.05, 0) is 98.4 Å². The first-order valence-electron chi connectivity index (χ1n) is 12.0. The predicted octanol–water partition coefficient (Wildman–Crippen LogP) is 5.97. The number of hydrogen-bond donors (Lipinski definition) is 0. The second-order valence-corrected chi connectivity index (χ2v) is 11.3. The standard InChI is InChI=1S/C26H40O3/c1-16-12-13-25(3)18(14-16)7-8-19-21-10-9-20(17(2)6-11-24(28)29-5)26(21,4)23(27)15-22(19)25/h15-21H,6-14H2,1-5H3/t16-,17-,18-,19+,20-,21+,25+,26-/m1/s1. The molecule has 3 fully saturated rings. The van der Waals surface area contributed by atoms with E-state index in [0.29, 0.717) is 35.9 Å². The molecule has 4 rings (SSSR count). The molecular weight excluding hydrogens is 360 g/mol. The fourth-order valence-electron chi connectivity index (χ4n) is 8.12. The molecule has 0 N–H and O–H groups in total. The number of esters is 1. The first-order chi connectivity index (χ1) is 13.7. The van der Waals surface area contributed by atoms with Crippen molar-refractivity contribution >= 4 is 11.8 Å². The average molecular weight is 401 g/mol. The molecule has 4 aliphatic rings. The Morgan fingerprint density at radius 2 is 1.97 bits per heavy atom. The normalized spacial score (nSPS) is 44.9. The van der Waals surface area contributed by atoms with E-state index in [1.165, 1.54) is 51.2 Å². The van der Waals surface area contributed by atoms with Gasteiger partial charge in [0.05, 0.1) is 7.11 Å². The number of ether oxygens (including phenoxy) is 1. The van der Waals surface area contributed by atoms with Crippen molar-refractivity contribution in [1.82, 2.24) is 0 Å². The zero-order chi connectivity index (χ0) is 21.0. The van der Waals surface area contributed by atoms with E-state index in [1.54, 1.807) is 0 Å². The van der Waals surface area contributed by atoms with Crippen molar-refractivity contribution in [2.75, 3.05) is 7.11 Å². The summed E-state index contributed by atoms with van der Waals surface area (Å²) in [5, 5.41) is 0. The van der Waals surface area contributed by atoms with Crippen LogP contribution >= 0.6 is 0 Å². The van der Waals surface area contributed by atoms with Gasteiger partial charge in [0.15, 0.2) is 5.78 Å². The molecule has 0 aliphatic heterocycles. The fraction of sp³-hybridized carbons (Fsp3) is 0.846. The lowest BCUT2D eigenvalue weighted by Gasteiger charge is -2.56. The Hall–Kier alpha value is -1.12. The topological polar surface area (TPSA) is 43.4 Å². The van der Waals surface area contributed by atoms with Crippen molar-refractivity contribution in [3.05, 3.63) is 11.6 Å². The molecule has 0 unspecified atom stereocenters. The Labute approximate surface area is 177 Å². The summed E-state index contributed by atoms with van der Waals surface area (Å²) in [7, 11) is 1.46. The van der Waals surface area contributed by atoms with Crippen molar-refractivity contribution in [3.8, 4) is 0 Å². The van der Waals surface area contributed by atoms with Crippen LogP contribution in [0.25, 0.3) is 0 Å². The van der Waals surface area contributed by atoms with E-state index in [4.69, 9.17) is 4.74 Å². The number of ketones is 1. The molecule has 3 saturated carbocycles. The summed E-state index contributed by atoms with van der Waals surface area (Å²) in [6.07, 6.45) is 12.2. The number of methoxy groups -OCH3 is 1. The van der Waals surface area contributed by atoms with Gasteiger partial charge in [0.25, 0.3) is 0 Å². The van der Waals surface area contributed by atoms with Crippen molar-refractivity contribution in [2.24, 2.45) is 46.3 Å². The molecule has 0 heterocycles. The van der Waals surface area contributed by atoms with Gasteiger partial charge in [-0.25, -0.2) is 0 Å². The zero-order valence-electron chi connectivity index (χ0n) is 19.1. The van der Waals surface area contributed by atoms with Crippen LogP contribution in [-0.2, 0) is 14.3 Å². The summed E-state index contributed by atoms with van der Waals surface area (Å²) in [6, 6.07) is 0. The van der Waals surface area contributed by atoms with Crippen LogP contribution in [0.4, 0.5) is 0 Å². The van der Waals surface area contributed by atoms with Gasteiger partial charge in [0.2, 0.25) is 0 Å². The number of fused-ring (bicyclic) bond motifs is 5. The minimum absolute atomic E-state index is 0.133. The third kappa shape index (κ3) is 3.22. The van der Waals surface area contributed by atoms with Crippen LogP contribution in [0.15, 0.2) is 11.6 Å². The SMILES string of the molecule is COC(=O)CC[C@@H](C)[C@H]1CC[C@H]2[C@@H]3CC[C@@H]4C[C@H](C)CC[C@]4(C)C3=CC(=O)[C@]12C. The molecule has 3 nitrogen and oxygen atoms in total. The first kappa shape index (κ1) is 21.1. The lowest BCUT2D eigenvalue weighted by molar-refractivity contribution is -0.141. The van der Waals surface area contributed by atoms with E-state index in [0.717, 1.165) is 24.7 Å². The van der Waals surface area contributed by atoms with E-state index < -0.39 is 0 Å². The molecule has 0 spiro atoms. The van der Waals surface area contributed by atoms with Crippen molar-refractivity contribution < 1.29 is 14.3 Å². The molecule has 8 atom stereocenters. The molecule has 0 radical (unpaired) electrons. The molecular formula is C26H40O3. The highest BCUT2D eigenvalue weighted by molar-refractivity contribution is 5.97. The molecule has 4 aliphatic carbocycles. The van der Waals surface area contributed by atoms with Gasteiger partial charge in [-0.1, -0.05) is 33.3 Å². The molecule has 0 saturated heterocycles. The Bertz CT molecular complexity index is 709. The number of carbonyl (C=O) groups is 2. The number of hydrogen-bond acceptors (Lipinski definition) is 3. The van der Waals surface area contributed by atoms with Crippen LogP contribution in [0.2, 0.25) is 0 Å². The third-order valence-electron chi connectivity index (χ3n) is 9.98. The zero-order valence-corrected chi connectivity index (χ0v) is 19.1. The van der Waals surface area contributed by atoms with E-state index >= 15 is 0 Å². The van der Waals surface area contributed by atoms with Gasteiger partial charge in [-0.3, -0.25) is 9.59 Å².